The lowest BCUT2D eigenvalue weighted by atomic mass is 10.0. The standard InChI is InChI=1S/C83H166NO8P/c1-3-5-7-9-11-13-15-17-19-21-23-25-27-29-31-33-35-37-39-40-41-42-44-46-48-50-52-54-56-58-60-62-64-66-68-70-72-74-76-83(86)92-81(80-91-93(87,88)90-78-77-84)79-89-82(85)75-73-71-69-67-65-63-61-59-57-55-53-51-49-47-45-43-38-36-34-32-30-28-26-24-22-20-18-16-14-12-10-8-6-4-2/h81H,3-80,84H2,1-2H3,(H,87,88). The lowest BCUT2D eigenvalue weighted by molar-refractivity contribution is -0.161. The van der Waals surface area contributed by atoms with Crippen molar-refractivity contribution in [2.75, 3.05) is 26.4 Å². The van der Waals surface area contributed by atoms with Gasteiger partial charge in [0.15, 0.2) is 6.10 Å². The first-order valence-corrected chi connectivity index (χ1v) is 44.0. The van der Waals surface area contributed by atoms with E-state index in [-0.39, 0.29) is 32.1 Å². The van der Waals surface area contributed by atoms with Crippen LogP contribution in [-0.4, -0.2) is 49.3 Å². The Labute approximate surface area is 581 Å². The monoisotopic (exact) mass is 1340 g/mol. The molecule has 0 aliphatic rings. The summed E-state index contributed by atoms with van der Waals surface area (Å²) in [7, 11) is -4.39. The molecule has 0 amide bonds. The second kappa shape index (κ2) is 80.0. The third-order valence-electron chi connectivity index (χ3n) is 20.0. The Morgan fingerprint density at radius 1 is 0.280 bits per heavy atom. The number of rotatable bonds is 83. The maximum Gasteiger partial charge on any atom is 0.472 e. The van der Waals surface area contributed by atoms with Crippen molar-refractivity contribution in [2.45, 2.75) is 495 Å². The van der Waals surface area contributed by atoms with Crippen molar-refractivity contribution >= 4 is 19.8 Å². The second-order valence-corrected chi connectivity index (χ2v) is 30.9. The Balaban J connectivity index is 3.69. The third kappa shape index (κ3) is 79.9. The predicted octanol–water partition coefficient (Wildman–Crippen LogP) is 28.4. The summed E-state index contributed by atoms with van der Waals surface area (Å²) in [6.45, 7) is 3.86. The normalized spacial score (nSPS) is 12.7. The molecule has 93 heavy (non-hydrogen) atoms. The van der Waals surface area contributed by atoms with Crippen molar-refractivity contribution in [1.29, 1.82) is 0 Å². The van der Waals surface area contributed by atoms with Gasteiger partial charge < -0.3 is 20.1 Å². The molecule has 0 bridgehead atoms. The number of unbranched alkanes of at least 4 members (excludes halogenated alkanes) is 70. The van der Waals surface area contributed by atoms with E-state index in [2.05, 4.69) is 13.8 Å². The number of carbonyl (C=O) groups is 2. The minimum Gasteiger partial charge on any atom is -0.462 e. The molecule has 0 radical (unpaired) electrons. The van der Waals surface area contributed by atoms with Gasteiger partial charge in [0.2, 0.25) is 0 Å². The molecule has 2 atom stereocenters. The quantitative estimate of drug-likeness (QED) is 0.0347. The fourth-order valence-corrected chi connectivity index (χ4v) is 14.5. The highest BCUT2D eigenvalue weighted by atomic mass is 31.2. The van der Waals surface area contributed by atoms with Crippen molar-refractivity contribution in [3.63, 3.8) is 0 Å². The van der Waals surface area contributed by atoms with Crippen molar-refractivity contribution in [2.24, 2.45) is 5.73 Å². The molecule has 0 aromatic rings. The predicted molar refractivity (Wildman–Crippen MR) is 405 cm³/mol. The molecule has 3 N–H and O–H groups in total. The van der Waals surface area contributed by atoms with Crippen LogP contribution in [0.5, 0.6) is 0 Å². The van der Waals surface area contributed by atoms with E-state index in [1.54, 1.807) is 0 Å². The van der Waals surface area contributed by atoms with Crippen molar-refractivity contribution in [1.82, 2.24) is 0 Å². The van der Waals surface area contributed by atoms with Crippen LogP contribution in [0.2, 0.25) is 0 Å². The van der Waals surface area contributed by atoms with Gasteiger partial charge >= 0.3 is 19.8 Å². The van der Waals surface area contributed by atoms with E-state index in [1.807, 2.05) is 0 Å². The number of hydrogen-bond acceptors (Lipinski definition) is 8. The van der Waals surface area contributed by atoms with Gasteiger partial charge in [-0.2, -0.15) is 0 Å². The lowest BCUT2D eigenvalue weighted by Gasteiger charge is -2.19. The van der Waals surface area contributed by atoms with Crippen molar-refractivity contribution in [3.8, 4) is 0 Å². The first kappa shape index (κ1) is 92.0. The Morgan fingerprint density at radius 2 is 0.462 bits per heavy atom. The molecular weight excluding hydrogens is 1170 g/mol. The zero-order valence-corrected chi connectivity index (χ0v) is 64.0. The van der Waals surface area contributed by atoms with Crippen LogP contribution in [0.15, 0.2) is 0 Å². The molecule has 2 unspecified atom stereocenters. The minimum atomic E-state index is -4.39. The van der Waals surface area contributed by atoms with Gasteiger partial charge in [0, 0.05) is 19.4 Å². The van der Waals surface area contributed by atoms with Gasteiger partial charge in [0.05, 0.1) is 13.2 Å². The summed E-state index contributed by atoms with van der Waals surface area (Å²) in [5, 5.41) is 0. The van der Waals surface area contributed by atoms with Gasteiger partial charge in [-0.05, 0) is 12.8 Å². The van der Waals surface area contributed by atoms with Gasteiger partial charge in [0.1, 0.15) is 6.61 Å². The highest BCUT2D eigenvalue weighted by molar-refractivity contribution is 7.47. The number of phosphoric acid groups is 1. The number of ether oxygens (including phenoxy) is 2. The highest BCUT2D eigenvalue weighted by Crippen LogP contribution is 2.43. The van der Waals surface area contributed by atoms with Gasteiger partial charge in [-0.25, -0.2) is 4.57 Å². The van der Waals surface area contributed by atoms with Crippen LogP contribution in [0.25, 0.3) is 0 Å². The second-order valence-electron chi connectivity index (χ2n) is 29.4. The molecule has 10 heteroatoms. The molecule has 556 valence electrons. The average Bonchev–Trinajstić information content (AvgIpc) is 3.68. The maximum atomic E-state index is 12.8. The topological polar surface area (TPSA) is 134 Å². The first-order chi connectivity index (χ1) is 45.8. The molecule has 0 aromatic carbocycles. The van der Waals surface area contributed by atoms with Crippen LogP contribution < -0.4 is 5.73 Å². The van der Waals surface area contributed by atoms with E-state index in [9.17, 15) is 19.0 Å². The fraction of sp³-hybridized carbons (Fsp3) is 0.976. The Kier molecular flexibility index (Phi) is 79.1. The van der Waals surface area contributed by atoms with E-state index in [1.165, 1.54) is 424 Å². The molecule has 0 spiro atoms. The largest absolute Gasteiger partial charge is 0.472 e. The molecular formula is C83H166NO8P. The summed E-state index contributed by atoms with van der Waals surface area (Å²) in [6.07, 6.45) is 98.6. The highest BCUT2D eigenvalue weighted by Gasteiger charge is 2.26. The Hall–Kier alpha value is -0.990. The molecule has 0 fully saturated rings. The Bertz CT molecular complexity index is 1480. The van der Waals surface area contributed by atoms with Gasteiger partial charge in [-0.15, -0.1) is 0 Å². The Morgan fingerprint density at radius 3 is 0.656 bits per heavy atom. The van der Waals surface area contributed by atoms with Gasteiger partial charge in [-0.1, -0.05) is 463 Å². The zero-order valence-electron chi connectivity index (χ0n) is 63.1. The van der Waals surface area contributed by atoms with Crippen LogP contribution in [0, 0.1) is 0 Å². The van der Waals surface area contributed by atoms with Crippen LogP contribution in [0.3, 0.4) is 0 Å². The van der Waals surface area contributed by atoms with E-state index in [4.69, 9.17) is 24.3 Å². The van der Waals surface area contributed by atoms with E-state index in [0.717, 1.165) is 32.1 Å². The summed E-state index contributed by atoms with van der Waals surface area (Å²) < 4.78 is 33.3. The van der Waals surface area contributed by atoms with Gasteiger partial charge in [0.25, 0.3) is 0 Å². The van der Waals surface area contributed by atoms with E-state index >= 15 is 0 Å². The summed E-state index contributed by atoms with van der Waals surface area (Å²) in [5.41, 5.74) is 5.42. The van der Waals surface area contributed by atoms with Crippen LogP contribution in [-0.2, 0) is 32.7 Å². The van der Waals surface area contributed by atoms with Crippen LogP contribution >= 0.6 is 7.82 Å². The average molecular weight is 1340 g/mol. The number of phosphoric ester groups is 1. The number of hydrogen-bond donors (Lipinski definition) is 2. The van der Waals surface area contributed by atoms with Crippen LogP contribution in [0.4, 0.5) is 0 Å². The van der Waals surface area contributed by atoms with Crippen LogP contribution in [0.1, 0.15) is 489 Å². The van der Waals surface area contributed by atoms with Crippen molar-refractivity contribution in [3.05, 3.63) is 0 Å². The van der Waals surface area contributed by atoms with E-state index in [0.29, 0.717) is 12.8 Å². The molecule has 0 aliphatic carbocycles. The first-order valence-electron chi connectivity index (χ1n) is 42.5. The summed E-state index contributed by atoms with van der Waals surface area (Å²) in [5.74, 6) is -0.793. The number of carbonyl (C=O) groups excluding carboxylic acids is 2. The molecule has 0 saturated carbocycles. The summed E-state index contributed by atoms with van der Waals surface area (Å²) in [4.78, 5) is 35.5. The van der Waals surface area contributed by atoms with E-state index < -0.39 is 26.5 Å². The number of esters is 2. The van der Waals surface area contributed by atoms with Crippen molar-refractivity contribution < 1.29 is 37.6 Å². The summed E-state index contributed by atoms with van der Waals surface area (Å²) in [6, 6.07) is 0. The molecule has 0 saturated heterocycles. The molecule has 9 nitrogen and oxygen atoms in total. The molecule has 0 aromatic heterocycles. The minimum absolute atomic E-state index is 0.0590. The third-order valence-corrected chi connectivity index (χ3v) is 21.0. The number of nitrogens with two attached hydrogens (primary N) is 1. The SMILES string of the molecule is CCCCCCCCCCCCCCCCCCCCCCCCCCCCCCCCCCCCCCCCC(=O)OC(COC(=O)CCCCCCCCCCCCCCCCCCCCCCCCCCCCCCCCCCCC)COP(=O)(O)OCCN. The maximum absolute atomic E-state index is 12.8. The lowest BCUT2D eigenvalue weighted by Crippen LogP contribution is -2.29. The molecule has 0 aliphatic heterocycles. The van der Waals surface area contributed by atoms with Gasteiger partial charge in [-0.3, -0.25) is 18.6 Å². The zero-order chi connectivity index (χ0) is 67.2. The smallest absolute Gasteiger partial charge is 0.462 e. The fourth-order valence-electron chi connectivity index (χ4n) is 13.7. The summed E-state index contributed by atoms with van der Waals surface area (Å²) >= 11 is 0. The molecule has 0 rings (SSSR count). The molecule has 0 heterocycles.